The van der Waals surface area contributed by atoms with Gasteiger partial charge in [0.15, 0.2) is 0 Å². The Bertz CT molecular complexity index is 692. The van der Waals surface area contributed by atoms with Crippen LogP contribution in [0.25, 0.3) is 22.2 Å². The summed E-state index contributed by atoms with van der Waals surface area (Å²) in [6.45, 7) is 4.31. The Balaban J connectivity index is 2.31. The fourth-order valence-corrected chi connectivity index (χ4v) is 2.25. The quantitative estimate of drug-likeness (QED) is 0.688. The highest BCUT2D eigenvalue weighted by Crippen LogP contribution is 2.32. The molecule has 0 unspecified atom stereocenters. The first-order valence-corrected chi connectivity index (χ1v) is 5.93. The van der Waals surface area contributed by atoms with E-state index in [0.29, 0.717) is 5.92 Å². The van der Waals surface area contributed by atoms with Crippen molar-refractivity contribution in [1.82, 2.24) is 25.0 Å². The van der Waals surface area contributed by atoms with Gasteiger partial charge in [-0.2, -0.15) is 5.10 Å². The van der Waals surface area contributed by atoms with Crippen LogP contribution in [-0.4, -0.2) is 19.9 Å². The summed E-state index contributed by atoms with van der Waals surface area (Å²) >= 11 is 0. The predicted octanol–water partition coefficient (Wildman–Crippen LogP) is 2.11. The molecule has 3 heterocycles. The zero-order valence-corrected chi connectivity index (χ0v) is 10.6. The molecule has 5 heteroatoms. The summed E-state index contributed by atoms with van der Waals surface area (Å²) in [5.41, 5.74) is 5.09. The highest BCUT2D eigenvalue weighted by molar-refractivity contribution is 5.85. The van der Waals surface area contributed by atoms with Gasteiger partial charge in [-0.25, -0.2) is 0 Å². The van der Waals surface area contributed by atoms with Crippen molar-refractivity contribution in [2.45, 2.75) is 19.8 Å². The highest BCUT2D eigenvalue weighted by Gasteiger charge is 2.14. The average Bonchev–Trinajstić information content (AvgIpc) is 2.95. The lowest BCUT2D eigenvalue weighted by atomic mass is 9.94. The zero-order chi connectivity index (χ0) is 12.7. The molecule has 0 aromatic carbocycles. The molecular weight excluding hydrogens is 226 g/mol. The van der Waals surface area contributed by atoms with E-state index < -0.39 is 0 Å². The Morgan fingerprint density at radius 3 is 2.78 bits per heavy atom. The molecular formula is C13H14N5-. The first-order chi connectivity index (χ1) is 8.66. The van der Waals surface area contributed by atoms with Gasteiger partial charge in [0.25, 0.3) is 0 Å². The van der Waals surface area contributed by atoms with Crippen LogP contribution in [0.3, 0.4) is 0 Å². The lowest BCUT2D eigenvalue weighted by Crippen LogP contribution is -1.95. The van der Waals surface area contributed by atoms with Crippen LogP contribution in [0.4, 0.5) is 0 Å². The molecule has 0 aliphatic rings. The largest absolute Gasteiger partial charge is 0.579 e. The standard InChI is InChI=1S/C13H14N5/c1-8(2)12-10(9-4-16-18(3)7-9)5-14-11-6-15-17-13(11)12/h4-8H,1-3H3/q-1. The zero-order valence-electron chi connectivity index (χ0n) is 10.6. The summed E-state index contributed by atoms with van der Waals surface area (Å²) in [6, 6.07) is 0. The summed E-state index contributed by atoms with van der Waals surface area (Å²) in [6.07, 6.45) is 7.43. The van der Waals surface area contributed by atoms with Gasteiger partial charge in [0.05, 0.1) is 17.2 Å². The number of hydrogen-bond acceptors (Lipinski definition) is 3. The Kier molecular flexibility index (Phi) is 2.40. The van der Waals surface area contributed by atoms with E-state index in [1.165, 1.54) is 5.56 Å². The van der Waals surface area contributed by atoms with Gasteiger partial charge in [-0.1, -0.05) is 13.8 Å². The highest BCUT2D eigenvalue weighted by atomic mass is 15.2. The Morgan fingerprint density at radius 2 is 2.11 bits per heavy atom. The molecule has 18 heavy (non-hydrogen) atoms. The van der Waals surface area contributed by atoms with E-state index in [0.717, 1.165) is 22.2 Å². The van der Waals surface area contributed by atoms with E-state index in [1.54, 1.807) is 10.9 Å². The second-order valence-electron chi connectivity index (χ2n) is 4.72. The molecule has 0 radical (unpaired) electrons. The van der Waals surface area contributed by atoms with Gasteiger partial charge < -0.3 is 10.2 Å². The molecule has 0 atom stereocenters. The molecule has 0 aliphatic carbocycles. The van der Waals surface area contributed by atoms with Crippen LogP contribution in [0.15, 0.2) is 24.8 Å². The summed E-state index contributed by atoms with van der Waals surface area (Å²) in [7, 11) is 1.91. The van der Waals surface area contributed by atoms with E-state index in [4.69, 9.17) is 0 Å². The van der Waals surface area contributed by atoms with Crippen LogP contribution in [0.5, 0.6) is 0 Å². The average molecular weight is 240 g/mol. The van der Waals surface area contributed by atoms with Crippen molar-refractivity contribution in [3.05, 3.63) is 30.4 Å². The molecule has 3 aromatic rings. The fraction of sp³-hybridized carbons (Fsp3) is 0.308. The summed E-state index contributed by atoms with van der Waals surface area (Å²) in [4.78, 5) is 4.41. The van der Waals surface area contributed by atoms with Gasteiger partial charge in [0.2, 0.25) is 0 Å². The number of rotatable bonds is 2. The maximum Gasteiger partial charge on any atom is 0.0696 e. The fourth-order valence-electron chi connectivity index (χ4n) is 2.25. The van der Waals surface area contributed by atoms with E-state index >= 15 is 0 Å². The van der Waals surface area contributed by atoms with Crippen LogP contribution in [-0.2, 0) is 7.05 Å². The van der Waals surface area contributed by atoms with E-state index in [9.17, 15) is 0 Å². The topological polar surface area (TPSA) is 57.7 Å². The lowest BCUT2D eigenvalue weighted by Gasteiger charge is -2.12. The molecule has 3 aromatic heterocycles. The van der Waals surface area contributed by atoms with Gasteiger partial charge in [-0.05, 0) is 11.5 Å². The molecule has 0 aliphatic heterocycles. The number of hydrogen-bond donors (Lipinski definition) is 0. The third-order valence-electron chi connectivity index (χ3n) is 3.05. The smallest absolute Gasteiger partial charge is 0.0696 e. The van der Waals surface area contributed by atoms with E-state index in [2.05, 4.69) is 34.1 Å². The van der Waals surface area contributed by atoms with Crippen molar-refractivity contribution >= 4 is 11.0 Å². The SMILES string of the molecule is CC(C)c1c(-c2cnn(C)c2)cnc2c[n-]nc12. The molecule has 0 fully saturated rings. The summed E-state index contributed by atoms with van der Waals surface area (Å²) in [5, 5.41) is 12.4. The van der Waals surface area contributed by atoms with Gasteiger partial charge >= 0.3 is 0 Å². The first kappa shape index (κ1) is 11.0. The summed E-state index contributed by atoms with van der Waals surface area (Å²) in [5.74, 6) is 0.363. The van der Waals surface area contributed by atoms with Crippen molar-refractivity contribution in [2.75, 3.05) is 0 Å². The van der Waals surface area contributed by atoms with E-state index in [1.807, 2.05) is 25.6 Å². The minimum atomic E-state index is 0.363. The van der Waals surface area contributed by atoms with Crippen LogP contribution < -0.4 is 5.10 Å². The van der Waals surface area contributed by atoms with Gasteiger partial charge in [-0.3, -0.25) is 9.67 Å². The van der Waals surface area contributed by atoms with Crippen molar-refractivity contribution < 1.29 is 0 Å². The molecule has 0 spiro atoms. The molecule has 0 N–H and O–H groups in total. The van der Waals surface area contributed by atoms with E-state index in [-0.39, 0.29) is 0 Å². The monoisotopic (exact) mass is 240 g/mol. The van der Waals surface area contributed by atoms with Gasteiger partial charge in [0, 0.05) is 30.6 Å². The minimum Gasteiger partial charge on any atom is -0.579 e. The number of pyridine rings is 1. The third-order valence-corrected chi connectivity index (χ3v) is 3.05. The van der Waals surface area contributed by atoms with Crippen molar-refractivity contribution in [3.8, 4) is 11.1 Å². The first-order valence-electron chi connectivity index (χ1n) is 5.93. The molecule has 92 valence electrons. The normalized spacial score (nSPS) is 11.6. The number of aryl methyl sites for hydroxylation is 1. The molecule has 0 amide bonds. The maximum atomic E-state index is 4.41. The summed E-state index contributed by atoms with van der Waals surface area (Å²) < 4.78 is 1.79. The van der Waals surface area contributed by atoms with Gasteiger partial charge in [0.1, 0.15) is 0 Å². The van der Waals surface area contributed by atoms with Crippen LogP contribution in [0, 0.1) is 0 Å². The number of nitrogens with zero attached hydrogens (tertiary/aromatic N) is 5. The lowest BCUT2D eigenvalue weighted by molar-refractivity contribution is 0.768. The number of fused-ring (bicyclic) bond motifs is 1. The molecule has 0 saturated carbocycles. The predicted molar refractivity (Wildman–Crippen MR) is 69.1 cm³/mol. The van der Waals surface area contributed by atoms with Crippen molar-refractivity contribution in [3.63, 3.8) is 0 Å². The Morgan fingerprint density at radius 1 is 1.28 bits per heavy atom. The second kappa shape index (κ2) is 3.94. The van der Waals surface area contributed by atoms with Crippen LogP contribution >= 0.6 is 0 Å². The number of aromatic nitrogens is 5. The molecule has 0 saturated heterocycles. The van der Waals surface area contributed by atoms with Crippen LogP contribution in [0.1, 0.15) is 25.3 Å². The second-order valence-corrected chi connectivity index (χ2v) is 4.72. The van der Waals surface area contributed by atoms with Crippen molar-refractivity contribution in [1.29, 1.82) is 0 Å². The molecule has 3 rings (SSSR count). The third kappa shape index (κ3) is 1.59. The minimum absolute atomic E-state index is 0.363. The Hall–Kier alpha value is -2.17. The van der Waals surface area contributed by atoms with Crippen molar-refractivity contribution in [2.24, 2.45) is 7.05 Å². The maximum absolute atomic E-state index is 4.41. The van der Waals surface area contributed by atoms with Gasteiger partial charge in [-0.15, -0.1) is 6.20 Å². The molecule has 0 bridgehead atoms. The van der Waals surface area contributed by atoms with Crippen LogP contribution in [0.2, 0.25) is 0 Å². The Labute approximate surface area is 105 Å². The molecule has 5 nitrogen and oxygen atoms in total.